The highest BCUT2D eigenvalue weighted by atomic mass is 16.4. The number of aromatic carboxylic acids is 1. The van der Waals surface area contributed by atoms with E-state index in [1.54, 1.807) is 12.1 Å². The zero-order valence-corrected chi connectivity index (χ0v) is 15.9. The Bertz CT molecular complexity index is 943. The van der Waals surface area contributed by atoms with Crippen LogP contribution in [-0.2, 0) is 0 Å². The number of rotatable bonds is 8. The zero-order valence-electron chi connectivity index (χ0n) is 15.9. The summed E-state index contributed by atoms with van der Waals surface area (Å²) in [6, 6.07) is 13.2. The summed E-state index contributed by atoms with van der Waals surface area (Å²) in [6.45, 7) is 2.14. The molecule has 2 aromatic heterocycles. The monoisotopic (exact) mass is 376 g/mol. The van der Waals surface area contributed by atoms with Gasteiger partial charge >= 0.3 is 5.97 Å². The molecule has 6 heteroatoms. The smallest absolute Gasteiger partial charge is 0.335 e. The van der Waals surface area contributed by atoms with E-state index in [4.69, 9.17) is 5.11 Å². The van der Waals surface area contributed by atoms with E-state index in [0.29, 0.717) is 11.5 Å². The molecule has 0 amide bonds. The minimum Gasteiger partial charge on any atom is -0.478 e. The Kier molecular flexibility index (Phi) is 5.10. The van der Waals surface area contributed by atoms with Gasteiger partial charge in [-0.3, -0.25) is 0 Å². The van der Waals surface area contributed by atoms with Gasteiger partial charge < -0.3 is 10.4 Å². The molecule has 2 N–H and O–H groups in total. The van der Waals surface area contributed by atoms with E-state index in [-0.39, 0.29) is 6.04 Å². The third kappa shape index (κ3) is 4.06. The van der Waals surface area contributed by atoms with Crippen molar-refractivity contribution in [3.8, 4) is 5.82 Å². The number of pyridine rings is 1. The summed E-state index contributed by atoms with van der Waals surface area (Å²) >= 11 is 0. The highest BCUT2D eigenvalue weighted by molar-refractivity contribution is 5.87. The molecule has 1 aliphatic carbocycles. The number of nitrogens with one attached hydrogen (secondary N) is 1. The lowest BCUT2D eigenvalue weighted by molar-refractivity contribution is 0.0697. The Balaban J connectivity index is 1.47. The number of carboxylic acids is 1. The van der Waals surface area contributed by atoms with Crippen LogP contribution in [0.5, 0.6) is 0 Å². The Hall–Kier alpha value is -3.15. The molecule has 1 aliphatic rings. The summed E-state index contributed by atoms with van der Waals surface area (Å²) in [4.78, 5) is 15.6. The molecule has 1 fully saturated rings. The van der Waals surface area contributed by atoms with Crippen molar-refractivity contribution in [2.24, 2.45) is 0 Å². The first kappa shape index (κ1) is 18.2. The number of nitrogens with zero attached hydrogens (tertiary/aromatic N) is 3. The molecule has 0 spiro atoms. The van der Waals surface area contributed by atoms with Crippen LogP contribution in [0.3, 0.4) is 0 Å². The van der Waals surface area contributed by atoms with Gasteiger partial charge in [0, 0.05) is 12.1 Å². The van der Waals surface area contributed by atoms with Gasteiger partial charge in [0.25, 0.3) is 0 Å². The van der Waals surface area contributed by atoms with E-state index in [9.17, 15) is 4.79 Å². The third-order valence-corrected chi connectivity index (χ3v) is 5.07. The maximum atomic E-state index is 11.1. The van der Waals surface area contributed by atoms with Crippen molar-refractivity contribution in [2.75, 3.05) is 5.32 Å². The number of carboxylic acid groups (broad SMARTS) is 1. The van der Waals surface area contributed by atoms with Crippen LogP contribution in [-0.4, -0.2) is 25.8 Å². The highest BCUT2D eigenvalue weighted by Crippen LogP contribution is 2.39. The van der Waals surface area contributed by atoms with Gasteiger partial charge in [-0.05, 0) is 55.2 Å². The topological polar surface area (TPSA) is 80.0 Å². The second-order valence-electron chi connectivity index (χ2n) is 7.28. The van der Waals surface area contributed by atoms with Crippen LogP contribution in [0.2, 0.25) is 0 Å². The standard InChI is InChI=1S/C22H24N4O2/c1-2-3-19(15-6-8-17(9-7-15)22(27)28)24-18-10-11-21(23-14-18)26-13-12-20(25-26)16-4-5-16/h6-14,16,19,24H,2-5H2,1H3,(H,27,28). The van der Waals surface area contributed by atoms with Crippen molar-refractivity contribution in [3.63, 3.8) is 0 Å². The fourth-order valence-corrected chi connectivity index (χ4v) is 3.34. The summed E-state index contributed by atoms with van der Waals surface area (Å²) < 4.78 is 1.82. The lowest BCUT2D eigenvalue weighted by Crippen LogP contribution is -2.11. The second kappa shape index (κ2) is 7.84. The highest BCUT2D eigenvalue weighted by Gasteiger charge is 2.26. The zero-order chi connectivity index (χ0) is 19.5. The third-order valence-electron chi connectivity index (χ3n) is 5.07. The number of hydrogen-bond acceptors (Lipinski definition) is 4. The summed E-state index contributed by atoms with van der Waals surface area (Å²) in [5.41, 5.74) is 3.45. The molecule has 6 nitrogen and oxygen atoms in total. The predicted octanol–water partition coefficient (Wildman–Crippen LogP) is 4.80. The summed E-state index contributed by atoms with van der Waals surface area (Å²) in [6.07, 6.45) is 8.22. The molecule has 2 heterocycles. The average molecular weight is 376 g/mol. The van der Waals surface area contributed by atoms with Crippen molar-refractivity contribution >= 4 is 11.7 Å². The minimum absolute atomic E-state index is 0.103. The van der Waals surface area contributed by atoms with Gasteiger partial charge in [0.2, 0.25) is 0 Å². The largest absolute Gasteiger partial charge is 0.478 e. The van der Waals surface area contributed by atoms with Crippen LogP contribution in [0.25, 0.3) is 5.82 Å². The van der Waals surface area contributed by atoms with E-state index >= 15 is 0 Å². The van der Waals surface area contributed by atoms with Crippen molar-refractivity contribution in [1.29, 1.82) is 0 Å². The molecule has 0 radical (unpaired) electrons. The molecule has 1 atom stereocenters. The molecule has 1 aromatic carbocycles. The molecule has 1 unspecified atom stereocenters. The molecule has 0 bridgehead atoms. The number of hydrogen-bond donors (Lipinski definition) is 2. The Morgan fingerprint density at radius 2 is 2.00 bits per heavy atom. The van der Waals surface area contributed by atoms with E-state index in [2.05, 4.69) is 28.4 Å². The molecule has 0 saturated heterocycles. The minimum atomic E-state index is -0.908. The molecule has 1 saturated carbocycles. The first-order valence-corrected chi connectivity index (χ1v) is 9.76. The van der Waals surface area contributed by atoms with E-state index in [1.165, 1.54) is 12.8 Å². The summed E-state index contributed by atoms with van der Waals surface area (Å²) in [5, 5.41) is 17.2. The summed E-state index contributed by atoms with van der Waals surface area (Å²) in [7, 11) is 0. The Morgan fingerprint density at radius 1 is 1.21 bits per heavy atom. The fraction of sp³-hybridized carbons (Fsp3) is 0.318. The first-order valence-electron chi connectivity index (χ1n) is 9.76. The van der Waals surface area contributed by atoms with Crippen LogP contribution in [0, 0.1) is 0 Å². The molecule has 0 aliphatic heterocycles. The van der Waals surface area contributed by atoms with Crippen LogP contribution < -0.4 is 5.32 Å². The van der Waals surface area contributed by atoms with Crippen LogP contribution >= 0.6 is 0 Å². The van der Waals surface area contributed by atoms with Crippen LogP contribution in [0.1, 0.15) is 66.2 Å². The number of aromatic nitrogens is 3. The maximum Gasteiger partial charge on any atom is 0.335 e. The normalized spacial score (nSPS) is 14.6. The summed E-state index contributed by atoms with van der Waals surface area (Å²) in [5.74, 6) is 0.523. The SMILES string of the molecule is CCCC(Nc1ccc(-n2ccc(C3CC3)n2)nc1)c1ccc(C(=O)O)cc1. The lowest BCUT2D eigenvalue weighted by Gasteiger charge is -2.20. The predicted molar refractivity (Wildman–Crippen MR) is 108 cm³/mol. The first-order chi connectivity index (χ1) is 13.6. The molecular formula is C22H24N4O2. The van der Waals surface area contributed by atoms with E-state index < -0.39 is 5.97 Å². The fourth-order valence-electron chi connectivity index (χ4n) is 3.34. The van der Waals surface area contributed by atoms with Gasteiger partial charge in [0.1, 0.15) is 0 Å². The van der Waals surface area contributed by atoms with Gasteiger partial charge in [-0.2, -0.15) is 5.10 Å². The molecule has 4 rings (SSSR count). The molecule has 144 valence electrons. The van der Waals surface area contributed by atoms with Crippen molar-refractivity contribution in [3.05, 3.63) is 71.7 Å². The average Bonchev–Trinajstić information content (AvgIpc) is 3.45. The van der Waals surface area contributed by atoms with Crippen molar-refractivity contribution in [2.45, 2.75) is 44.6 Å². The maximum absolute atomic E-state index is 11.1. The molecular weight excluding hydrogens is 352 g/mol. The Morgan fingerprint density at radius 3 is 2.61 bits per heavy atom. The van der Waals surface area contributed by atoms with Gasteiger partial charge in [0.15, 0.2) is 5.82 Å². The quantitative estimate of drug-likeness (QED) is 0.590. The van der Waals surface area contributed by atoms with E-state index in [0.717, 1.165) is 35.6 Å². The lowest BCUT2D eigenvalue weighted by atomic mass is 10.0. The Labute approximate surface area is 164 Å². The molecule has 28 heavy (non-hydrogen) atoms. The number of anilines is 1. The van der Waals surface area contributed by atoms with Crippen molar-refractivity contribution < 1.29 is 9.90 Å². The van der Waals surface area contributed by atoms with E-state index in [1.807, 2.05) is 41.3 Å². The second-order valence-corrected chi connectivity index (χ2v) is 7.28. The van der Waals surface area contributed by atoms with Crippen molar-refractivity contribution in [1.82, 2.24) is 14.8 Å². The van der Waals surface area contributed by atoms with Gasteiger partial charge in [0.05, 0.1) is 29.2 Å². The van der Waals surface area contributed by atoms with Gasteiger partial charge in [-0.25, -0.2) is 14.5 Å². The van der Waals surface area contributed by atoms with Gasteiger partial charge in [-0.15, -0.1) is 0 Å². The number of benzene rings is 1. The number of carbonyl (C=O) groups is 1. The molecule has 3 aromatic rings. The van der Waals surface area contributed by atoms with Crippen LogP contribution in [0.4, 0.5) is 5.69 Å². The van der Waals surface area contributed by atoms with Crippen LogP contribution in [0.15, 0.2) is 54.9 Å². The van der Waals surface area contributed by atoms with Gasteiger partial charge in [-0.1, -0.05) is 25.5 Å².